The van der Waals surface area contributed by atoms with Crippen LogP contribution in [0.1, 0.15) is 16.2 Å². The van der Waals surface area contributed by atoms with Crippen molar-refractivity contribution in [2.45, 2.75) is 6.54 Å². The zero-order valence-electron chi connectivity index (χ0n) is 9.52. The molecule has 0 N–H and O–H groups in total. The van der Waals surface area contributed by atoms with Gasteiger partial charge in [-0.15, -0.1) is 5.10 Å². The Morgan fingerprint density at radius 1 is 1.17 bits per heavy atom. The zero-order chi connectivity index (χ0) is 12.4. The van der Waals surface area contributed by atoms with Crippen LogP contribution in [-0.4, -0.2) is 26.3 Å². The third kappa shape index (κ3) is 1.98. The Morgan fingerprint density at radius 3 is 2.89 bits per heavy atom. The minimum Gasteiger partial charge on any atom is -0.296 e. The van der Waals surface area contributed by atoms with Crippen molar-refractivity contribution in [3.05, 3.63) is 54.0 Å². The quantitative estimate of drug-likeness (QED) is 0.651. The van der Waals surface area contributed by atoms with Crippen molar-refractivity contribution in [1.82, 2.24) is 20.0 Å². The highest BCUT2D eigenvalue weighted by molar-refractivity contribution is 5.78. The summed E-state index contributed by atoms with van der Waals surface area (Å²) in [5.41, 5.74) is 2.16. The molecule has 0 unspecified atom stereocenters. The lowest BCUT2D eigenvalue weighted by Crippen LogP contribution is -2.02. The molecule has 5 heteroatoms. The summed E-state index contributed by atoms with van der Waals surface area (Å²) in [5, 5.41) is 8.67. The number of hydrogen-bond acceptors (Lipinski definition) is 4. The van der Waals surface area contributed by atoms with Gasteiger partial charge in [0.15, 0.2) is 6.29 Å². The van der Waals surface area contributed by atoms with E-state index in [2.05, 4.69) is 15.3 Å². The third-order valence-electron chi connectivity index (χ3n) is 2.66. The SMILES string of the molecule is O=Cc1cn(Cc2ccc3ccccc3n2)nn1. The highest BCUT2D eigenvalue weighted by Crippen LogP contribution is 2.12. The van der Waals surface area contributed by atoms with Gasteiger partial charge in [0.1, 0.15) is 5.69 Å². The maximum atomic E-state index is 10.5. The fourth-order valence-corrected chi connectivity index (χ4v) is 1.81. The van der Waals surface area contributed by atoms with Gasteiger partial charge in [-0.25, -0.2) is 4.68 Å². The van der Waals surface area contributed by atoms with Gasteiger partial charge in [-0.3, -0.25) is 9.78 Å². The van der Waals surface area contributed by atoms with Gasteiger partial charge in [0.2, 0.25) is 0 Å². The smallest absolute Gasteiger partial charge is 0.171 e. The van der Waals surface area contributed by atoms with Gasteiger partial charge in [-0.1, -0.05) is 29.5 Å². The summed E-state index contributed by atoms with van der Waals surface area (Å²) in [6.07, 6.45) is 2.28. The molecule has 3 rings (SSSR count). The summed E-state index contributed by atoms with van der Waals surface area (Å²) in [6, 6.07) is 11.9. The fraction of sp³-hybridized carbons (Fsp3) is 0.0769. The first-order valence-corrected chi connectivity index (χ1v) is 5.55. The normalized spacial score (nSPS) is 10.7. The summed E-state index contributed by atoms with van der Waals surface area (Å²) in [5.74, 6) is 0. The van der Waals surface area contributed by atoms with Crippen LogP contribution in [0.25, 0.3) is 10.9 Å². The molecule has 5 nitrogen and oxygen atoms in total. The molecule has 0 saturated heterocycles. The van der Waals surface area contributed by atoms with Crippen LogP contribution in [0.5, 0.6) is 0 Å². The maximum absolute atomic E-state index is 10.5. The highest BCUT2D eigenvalue weighted by Gasteiger charge is 2.02. The van der Waals surface area contributed by atoms with Crippen molar-refractivity contribution in [2.75, 3.05) is 0 Å². The molecule has 0 aliphatic rings. The molecule has 0 aliphatic carbocycles. The molecule has 2 heterocycles. The van der Waals surface area contributed by atoms with Gasteiger partial charge in [0, 0.05) is 5.39 Å². The number of aldehydes is 1. The molecular formula is C13H10N4O. The van der Waals surface area contributed by atoms with E-state index in [-0.39, 0.29) is 0 Å². The van der Waals surface area contributed by atoms with E-state index in [1.807, 2.05) is 36.4 Å². The minimum atomic E-state index is 0.329. The monoisotopic (exact) mass is 238 g/mol. The molecule has 2 aromatic heterocycles. The number of rotatable bonds is 3. The topological polar surface area (TPSA) is 60.7 Å². The summed E-state index contributed by atoms with van der Waals surface area (Å²) in [4.78, 5) is 15.0. The largest absolute Gasteiger partial charge is 0.296 e. The van der Waals surface area contributed by atoms with E-state index >= 15 is 0 Å². The highest BCUT2D eigenvalue weighted by atomic mass is 16.1. The lowest BCUT2D eigenvalue weighted by Gasteiger charge is -2.02. The lowest BCUT2D eigenvalue weighted by molar-refractivity contribution is 0.111. The Kier molecular flexibility index (Phi) is 2.57. The molecule has 0 aliphatic heterocycles. The molecule has 0 radical (unpaired) electrons. The van der Waals surface area contributed by atoms with Crippen LogP contribution in [0.2, 0.25) is 0 Å². The molecule has 0 atom stereocenters. The first kappa shape index (κ1) is 10.6. The van der Waals surface area contributed by atoms with Gasteiger partial charge < -0.3 is 0 Å². The van der Waals surface area contributed by atoms with E-state index in [0.717, 1.165) is 16.6 Å². The molecular weight excluding hydrogens is 228 g/mol. The fourth-order valence-electron chi connectivity index (χ4n) is 1.81. The van der Waals surface area contributed by atoms with E-state index in [1.54, 1.807) is 10.9 Å². The predicted molar refractivity (Wildman–Crippen MR) is 66.3 cm³/mol. The Labute approximate surface area is 103 Å². The van der Waals surface area contributed by atoms with Gasteiger partial charge in [0.05, 0.1) is 24.0 Å². The van der Waals surface area contributed by atoms with E-state index < -0.39 is 0 Å². The zero-order valence-corrected chi connectivity index (χ0v) is 9.52. The van der Waals surface area contributed by atoms with Crippen molar-refractivity contribution < 1.29 is 4.79 Å². The molecule has 88 valence electrons. The summed E-state index contributed by atoms with van der Waals surface area (Å²) >= 11 is 0. The maximum Gasteiger partial charge on any atom is 0.171 e. The summed E-state index contributed by atoms with van der Waals surface area (Å²) < 4.78 is 1.60. The van der Waals surface area contributed by atoms with Crippen molar-refractivity contribution in [2.24, 2.45) is 0 Å². The Bertz CT molecular complexity index is 705. The van der Waals surface area contributed by atoms with Gasteiger partial charge in [-0.2, -0.15) is 0 Å². The van der Waals surface area contributed by atoms with Crippen LogP contribution >= 0.6 is 0 Å². The number of carbonyl (C=O) groups is 1. The van der Waals surface area contributed by atoms with E-state index in [9.17, 15) is 4.79 Å². The molecule has 1 aromatic carbocycles. The molecule has 0 bridgehead atoms. The first-order chi connectivity index (χ1) is 8.85. The molecule has 0 spiro atoms. The van der Waals surface area contributed by atoms with Crippen molar-refractivity contribution in [1.29, 1.82) is 0 Å². The average molecular weight is 238 g/mol. The number of hydrogen-bond donors (Lipinski definition) is 0. The van der Waals surface area contributed by atoms with Crippen LogP contribution in [0.15, 0.2) is 42.6 Å². The predicted octanol–water partition coefficient (Wildman–Crippen LogP) is 1.69. The number of aromatic nitrogens is 4. The Balaban J connectivity index is 1.92. The molecule has 0 fully saturated rings. The molecule has 0 amide bonds. The number of pyridine rings is 1. The van der Waals surface area contributed by atoms with Gasteiger partial charge in [0.25, 0.3) is 0 Å². The van der Waals surface area contributed by atoms with Crippen LogP contribution in [0, 0.1) is 0 Å². The van der Waals surface area contributed by atoms with Crippen LogP contribution < -0.4 is 0 Å². The second kappa shape index (κ2) is 4.37. The second-order valence-corrected chi connectivity index (χ2v) is 3.95. The van der Waals surface area contributed by atoms with Crippen LogP contribution in [0.4, 0.5) is 0 Å². The van der Waals surface area contributed by atoms with Crippen molar-refractivity contribution in [3.8, 4) is 0 Å². The number of fused-ring (bicyclic) bond motifs is 1. The minimum absolute atomic E-state index is 0.329. The molecule has 0 saturated carbocycles. The number of para-hydroxylation sites is 1. The molecule has 3 aromatic rings. The first-order valence-electron chi connectivity index (χ1n) is 5.55. The van der Waals surface area contributed by atoms with E-state index in [4.69, 9.17) is 0 Å². The molecule has 18 heavy (non-hydrogen) atoms. The van der Waals surface area contributed by atoms with E-state index in [1.165, 1.54) is 0 Å². The number of benzene rings is 1. The standard InChI is InChI=1S/C13H10N4O/c18-9-12-8-17(16-15-12)7-11-6-5-10-3-1-2-4-13(10)14-11/h1-6,8-9H,7H2. The van der Waals surface area contributed by atoms with Crippen LogP contribution in [-0.2, 0) is 6.54 Å². The van der Waals surface area contributed by atoms with Crippen molar-refractivity contribution in [3.63, 3.8) is 0 Å². The summed E-state index contributed by atoms with van der Waals surface area (Å²) in [6.45, 7) is 0.506. The van der Waals surface area contributed by atoms with Crippen LogP contribution in [0.3, 0.4) is 0 Å². The van der Waals surface area contributed by atoms with Gasteiger partial charge >= 0.3 is 0 Å². The second-order valence-electron chi connectivity index (χ2n) is 3.95. The number of nitrogens with zero attached hydrogens (tertiary/aromatic N) is 4. The Morgan fingerprint density at radius 2 is 2.06 bits per heavy atom. The van der Waals surface area contributed by atoms with Gasteiger partial charge in [-0.05, 0) is 12.1 Å². The third-order valence-corrected chi connectivity index (χ3v) is 2.66. The average Bonchev–Trinajstić information content (AvgIpc) is 2.86. The lowest BCUT2D eigenvalue weighted by atomic mass is 10.2. The van der Waals surface area contributed by atoms with Crippen molar-refractivity contribution >= 4 is 17.2 Å². The Hall–Kier alpha value is -2.56. The number of carbonyl (C=O) groups excluding carboxylic acids is 1. The summed E-state index contributed by atoms with van der Waals surface area (Å²) in [7, 11) is 0. The van der Waals surface area contributed by atoms with E-state index in [0.29, 0.717) is 18.5 Å².